The van der Waals surface area contributed by atoms with E-state index >= 15 is 0 Å². The SMILES string of the molecule is COc1cn(C[C@@H](C)O)c2ccc(F)c(C)c12. The highest BCUT2D eigenvalue weighted by molar-refractivity contribution is 5.90. The molecule has 0 aliphatic carbocycles. The highest BCUT2D eigenvalue weighted by Crippen LogP contribution is 2.32. The Labute approximate surface area is 99.4 Å². The van der Waals surface area contributed by atoms with Crippen LogP contribution in [0.2, 0.25) is 0 Å². The van der Waals surface area contributed by atoms with Crippen LogP contribution >= 0.6 is 0 Å². The van der Waals surface area contributed by atoms with Crippen molar-refractivity contribution < 1.29 is 14.2 Å². The van der Waals surface area contributed by atoms with E-state index in [1.54, 1.807) is 33.2 Å². The summed E-state index contributed by atoms with van der Waals surface area (Å²) < 4.78 is 20.7. The summed E-state index contributed by atoms with van der Waals surface area (Å²) in [6, 6.07) is 3.15. The summed E-state index contributed by atoms with van der Waals surface area (Å²) in [5.74, 6) is 0.392. The standard InChI is InChI=1S/C13H16FNO2/c1-8(16)6-15-7-12(17-3)13-9(2)10(14)4-5-11(13)15/h4-5,7-8,16H,6H2,1-3H3/t8-/m1/s1. The van der Waals surface area contributed by atoms with Crippen LogP contribution in [0.3, 0.4) is 0 Å². The van der Waals surface area contributed by atoms with Gasteiger partial charge in [0.1, 0.15) is 11.6 Å². The van der Waals surface area contributed by atoms with Gasteiger partial charge in [0.2, 0.25) is 0 Å². The molecule has 0 radical (unpaired) electrons. The fraction of sp³-hybridized carbons (Fsp3) is 0.385. The number of aliphatic hydroxyl groups excluding tert-OH is 1. The van der Waals surface area contributed by atoms with Crippen molar-refractivity contribution in [1.29, 1.82) is 0 Å². The molecule has 1 heterocycles. The van der Waals surface area contributed by atoms with E-state index in [1.165, 1.54) is 6.07 Å². The zero-order chi connectivity index (χ0) is 12.6. The third kappa shape index (κ3) is 2.00. The fourth-order valence-electron chi connectivity index (χ4n) is 2.09. The van der Waals surface area contributed by atoms with E-state index in [4.69, 9.17) is 4.74 Å². The van der Waals surface area contributed by atoms with Gasteiger partial charge in [-0.05, 0) is 31.5 Å². The average Bonchev–Trinajstić information content (AvgIpc) is 2.61. The summed E-state index contributed by atoms with van der Waals surface area (Å²) in [5, 5.41) is 10.2. The maximum Gasteiger partial charge on any atom is 0.144 e. The molecule has 3 nitrogen and oxygen atoms in total. The molecule has 0 fully saturated rings. The predicted molar refractivity (Wildman–Crippen MR) is 64.9 cm³/mol. The molecule has 2 aromatic rings. The maximum atomic E-state index is 13.5. The molecule has 0 amide bonds. The summed E-state index contributed by atoms with van der Waals surface area (Å²) in [6.45, 7) is 3.91. The summed E-state index contributed by atoms with van der Waals surface area (Å²) in [7, 11) is 1.56. The number of halogens is 1. The first-order chi connectivity index (χ1) is 8.04. The van der Waals surface area contributed by atoms with Gasteiger partial charge in [-0.1, -0.05) is 0 Å². The van der Waals surface area contributed by atoms with Crippen LogP contribution < -0.4 is 4.74 Å². The minimum absolute atomic E-state index is 0.245. The third-order valence-electron chi connectivity index (χ3n) is 2.89. The number of aryl methyl sites for hydroxylation is 1. The Balaban J connectivity index is 2.68. The molecule has 0 bridgehead atoms. The summed E-state index contributed by atoms with van der Waals surface area (Å²) in [6.07, 6.45) is 1.34. The van der Waals surface area contributed by atoms with E-state index in [1.807, 2.05) is 4.57 Å². The number of nitrogens with zero attached hydrogens (tertiary/aromatic N) is 1. The zero-order valence-electron chi connectivity index (χ0n) is 10.2. The topological polar surface area (TPSA) is 34.4 Å². The number of hydrogen-bond donors (Lipinski definition) is 1. The molecular weight excluding hydrogens is 221 g/mol. The van der Waals surface area contributed by atoms with E-state index in [0.717, 1.165) is 10.9 Å². The molecular formula is C13H16FNO2. The van der Waals surface area contributed by atoms with Crippen LogP contribution in [0, 0.1) is 12.7 Å². The minimum Gasteiger partial charge on any atom is -0.495 e. The van der Waals surface area contributed by atoms with Crippen LogP contribution in [0.4, 0.5) is 4.39 Å². The Morgan fingerprint density at radius 1 is 1.47 bits per heavy atom. The van der Waals surface area contributed by atoms with E-state index in [9.17, 15) is 9.50 Å². The lowest BCUT2D eigenvalue weighted by molar-refractivity contribution is 0.175. The fourth-order valence-corrected chi connectivity index (χ4v) is 2.09. The highest BCUT2D eigenvalue weighted by atomic mass is 19.1. The quantitative estimate of drug-likeness (QED) is 0.890. The number of methoxy groups -OCH3 is 1. The lowest BCUT2D eigenvalue weighted by atomic mass is 10.1. The zero-order valence-corrected chi connectivity index (χ0v) is 10.2. The monoisotopic (exact) mass is 237 g/mol. The molecule has 0 spiro atoms. The second-order valence-corrected chi connectivity index (χ2v) is 4.27. The van der Waals surface area contributed by atoms with Gasteiger partial charge in [-0.15, -0.1) is 0 Å². The first-order valence-corrected chi connectivity index (χ1v) is 5.54. The number of aliphatic hydroxyl groups is 1. The van der Waals surface area contributed by atoms with Crippen LogP contribution in [0.15, 0.2) is 18.3 Å². The normalized spacial score (nSPS) is 13.0. The van der Waals surface area contributed by atoms with Crippen LogP contribution in [-0.2, 0) is 6.54 Å². The largest absolute Gasteiger partial charge is 0.495 e. The van der Waals surface area contributed by atoms with Crippen molar-refractivity contribution in [3.8, 4) is 5.75 Å². The van der Waals surface area contributed by atoms with E-state index in [0.29, 0.717) is 17.9 Å². The Bertz CT molecular complexity index is 546. The predicted octanol–water partition coefficient (Wildman–Crippen LogP) is 2.48. The van der Waals surface area contributed by atoms with Crippen LogP contribution in [0.5, 0.6) is 5.75 Å². The highest BCUT2D eigenvalue weighted by Gasteiger charge is 2.14. The Morgan fingerprint density at radius 2 is 2.18 bits per heavy atom. The number of rotatable bonds is 3. The number of hydrogen-bond acceptors (Lipinski definition) is 2. The summed E-state index contributed by atoms with van der Waals surface area (Å²) >= 11 is 0. The minimum atomic E-state index is -0.458. The Hall–Kier alpha value is -1.55. The molecule has 0 aliphatic heterocycles. The average molecular weight is 237 g/mol. The molecule has 0 aliphatic rings. The Kier molecular flexibility index (Phi) is 3.07. The molecule has 0 saturated carbocycles. The number of aromatic nitrogens is 1. The van der Waals surface area contributed by atoms with Gasteiger partial charge < -0.3 is 14.4 Å². The third-order valence-corrected chi connectivity index (χ3v) is 2.89. The van der Waals surface area contributed by atoms with Gasteiger partial charge in [-0.25, -0.2) is 4.39 Å². The lowest BCUT2D eigenvalue weighted by Gasteiger charge is -2.07. The van der Waals surface area contributed by atoms with Gasteiger partial charge in [-0.3, -0.25) is 0 Å². The van der Waals surface area contributed by atoms with Crippen LogP contribution in [-0.4, -0.2) is 22.9 Å². The molecule has 1 atom stereocenters. The van der Waals surface area contributed by atoms with Gasteiger partial charge in [0.05, 0.1) is 18.7 Å². The maximum absolute atomic E-state index is 13.5. The number of benzene rings is 1. The second kappa shape index (κ2) is 4.37. The smallest absolute Gasteiger partial charge is 0.144 e. The van der Waals surface area contributed by atoms with Crippen molar-refractivity contribution in [2.24, 2.45) is 0 Å². The van der Waals surface area contributed by atoms with Gasteiger partial charge in [0.25, 0.3) is 0 Å². The van der Waals surface area contributed by atoms with Crippen molar-refractivity contribution in [2.45, 2.75) is 26.5 Å². The van der Waals surface area contributed by atoms with E-state index < -0.39 is 6.10 Å². The molecule has 0 saturated heterocycles. The molecule has 1 aromatic heterocycles. The van der Waals surface area contributed by atoms with Crippen LogP contribution in [0.1, 0.15) is 12.5 Å². The second-order valence-electron chi connectivity index (χ2n) is 4.27. The molecule has 2 rings (SSSR count). The van der Waals surface area contributed by atoms with Crippen molar-refractivity contribution in [1.82, 2.24) is 4.57 Å². The van der Waals surface area contributed by atoms with Gasteiger partial charge in [0, 0.05) is 18.1 Å². The summed E-state index contributed by atoms with van der Waals surface area (Å²) in [5.41, 5.74) is 1.45. The van der Waals surface area contributed by atoms with Gasteiger partial charge in [0.15, 0.2) is 0 Å². The van der Waals surface area contributed by atoms with Crippen molar-refractivity contribution in [3.63, 3.8) is 0 Å². The molecule has 1 N–H and O–H groups in total. The van der Waals surface area contributed by atoms with E-state index in [-0.39, 0.29) is 5.82 Å². The molecule has 17 heavy (non-hydrogen) atoms. The summed E-state index contributed by atoms with van der Waals surface area (Å²) in [4.78, 5) is 0. The van der Waals surface area contributed by atoms with Gasteiger partial charge >= 0.3 is 0 Å². The lowest BCUT2D eigenvalue weighted by Crippen LogP contribution is -2.10. The molecule has 0 unspecified atom stereocenters. The molecule has 4 heteroatoms. The van der Waals surface area contributed by atoms with Crippen molar-refractivity contribution >= 4 is 10.9 Å². The first kappa shape index (κ1) is 11.9. The molecule has 92 valence electrons. The first-order valence-electron chi connectivity index (χ1n) is 5.54. The van der Waals surface area contributed by atoms with Gasteiger partial charge in [-0.2, -0.15) is 0 Å². The van der Waals surface area contributed by atoms with Crippen molar-refractivity contribution in [2.75, 3.05) is 7.11 Å². The number of ether oxygens (including phenoxy) is 1. The van der Waals surface area contributed by atoms with Crippen molar-refractivity contribution in [3.05, 3.63) is 29.7 Å². The van der Waals surface area contributed by atoms with E-state index in [2.05, 4.69) is 0 Å². The molecule has 1 aromatic carbocycles. The Morgan fingerprint density at radius 3 is 2.76 bits per heavy atom. The number of fused-ring (bicyclic) bond motifs is 1. The van der Waals surface area contributed by atoms with Crippen LogP contribution in [0.25, 0.3) is 10.9 Å².